The number of imidazole rings is 1. The summed E-state index contributed by atoms with van der Waals surface area (Å²) in [6.45, 7) is 3.24. The maximum Gasteiger partial charge on any atom is 0.307 e. The number of amides is 1. The summed E-state index contributed by atoms with van der Waals surface area (Å²) in [5.74, 6) is -0.489. The smallest absolute Gasteiger partial charge is 0.307 e. The van der Waals surface area contributed by atoms with Crippen LogP contribution in [0.15, 0.2) is 35.8 Å². The second-order valence-corrected chi connectivity index (χ2v) is 7.86. The molecule has 0 radical (unpaired) electrons. The minimum Gasteiger partial charge on any atom is -0.466 e. The molecule has 0 bridgehead atoms. The fourth-order valence-electron chi connectivity index (χ4n) is 3.39. The third-order valence-electron chi connectivity index (χ3n) is 4.77. The minimum atomic E-state index is -0.350. The van der Waals surface area contributed by atoms with Crippen LogP contribution in [0.3, 0.4) is 0 Å². The Bertz CT molecular complexity index is 1050. The van der Waals surface area contributed by atoms with Gasteiger partial charge in [-0.1, -0.05) is 29.8 Å². The lowest BCUT2D eigenvalue weighted by molar-refractivity contribution is -0.145. The average Bonchev–Trinajstić information content (AvgIpc) is 3.29. The van der Waals surface area contributed by atoms with Crippen molar-refractivity contribution in [2.75, 3.05) is 26.4 Å². The maximum absolute atomic E-state index is 13.3. The molecule has 0 spiro atoms. The molecule has 3 heterocycles. The zero-order chi connectivity index (χ0) is 20.4. The van der Waals surface area contributed by atoms with Crippen LogP contribution in [0.1, 0.15) is 23.8 Å². The van der Waals surface area contributed by atoms with E-state index in [0.717, 1.165) is 5.56 Å². The molecule has 1 aliphatic heterocycles. The Hall–Kier alpha value is -2.42. The maximum atomic E-state index is 13.3. The molecule has 1 unspecified atom stereocenters. The fourth-order valence-corrected chi connectivity index (χ4v) is 4.47. The molecule has 1 saturated heterocycles. The van der Waals surface area contributed by atoms with Crippen molar-refractivity contribution in [2.24, 2.45) is 0 Å². The zero-order valence-corrected chi connectivity index (χ0v) is 17.4. The number of rotatable bonds is 5. The second kappa shape index (κ2) is 8.52. The molecule has 4 rings (SSSR count). The molecule has 29 heavy (non-hydrogen) atoms. The summed E-state index contributed by atoms with van der Waals surface area (Å²) in [5.41, 5.74) is 2.03. The summed E-state index contributed by atoms with van der Waals surface area (Å²) in [4.78, 5) is 32.2. The number of hydrogen-bond donors (Lipinski definition) is 0. The van der Waals surface area contributed by atoms with Gasteiger partial charge in [-0.3, -0.25) is 14.0 Å². The first-order valence-corrected chi connectivity index (χ1v) is 10.6. The Morgan fingerprint density at radius 3 is 3.00 bits per heavy atom. The highest BCUT2D eigenvalue weighted by atomic mass is 35.5. The number of benzene rings is 1. The van der Waals surface area contributed by atoms with Crippen molar-refractivity contribution >= 4 is 39.8 Å². The number of nitrogens with zero attached hydrogens (tertiary/aromatic N) is 3. The van der Waals surface area contributed by atoms with Crippen molar-refractivity contribution in [3.63, 3.8) is 0 Å². The lowest BCUT2D eigenvalue weighted by Crippen LogP contribution is -2.50. The van der Waals surface area contributed by atoms with Crippen molar-refractivity contribution < 1.29 is 19.1 Å². The topological polar surface area (TPSA) is 73.1 Å². The van der Waals surface area contributed by atoms with Gasteiger partial charge in [-0.25, -0.2) is 4.98 Å². The molecular weight excluding hydrogens is 414 g/mol. The van der Waals surface area contributed by atoms with Crippen LogP contribution in [0, 0.1) is 0 Å². The van der Waals surface area contributed by atoms with Gasteiger partial charge < -0.3 is 14.4 Å². The van der Waals surface area contributed by atoms with Crippen molar-refractivity contribution in [3.8, 4) is 11.3 Å². The molecule has 1 atom stereocenters. The Morgan fingerprint density at radius 1 is 1.38 bits per heavy atom. The summed E-state index contributed by atoms with van der Waals surface area (Å²) < 4.78 is 12.3. The highest BCUT2D eigenvalue weighted by molar-refractivity contribution is 7.15. The monoisotopic (exact) mass is 433 g/mol. The summed E-state index contributed by atoms with van der Waals surface area (Å²) in [6.07, 6.45) is 1.93. The molecular formula is C20H20ClN3O4S. The van der Waals surface area contributed by atoms with E-state index in [0.29, 0.717) is 47.7 Å². The van der Waals surface area contributed by atoms with Gasteiger partial charge in [0, 0.05) is 23.7 Å². The summed E-state index contributed by atoms with van der Waals surface area (Å²) in [5, 5.41) is 2.39. The van der Waals surface area contributed by atoms with Crippen LogP contribution < -0.4 is 0 Å². The molecule has 7 nitrogen and oxygen atoms in total. The van der Waals surface area contributed by atoms with Crippen LogP contribution in [0.25, 0.3) is 16.2 Å². The molecule has 1 fully saturated rings. The van der Waals surface area contributed by atoms with Gasteiger partial charge in [-0.15, -0.1) is 11.3 Å². The molecule has 0 saturated carbocycles. The second-order valence-electron chi connectivity index (χ2n) is 6.62. The van der Waals surface area contributed by atoms with E-state index in [1.807, 2.05) is 30.5 Å². The highest BCUT2D eigenvalue weighted by Crippen LogP contribution is 2.29. The van der Waals surface area contributed by atoms with E-state index in [-0.39, 0.29) is 24.3 Å². The van der Waals surface area contributed by atoms with E-state index in [1.165, 1.54) is 11.3 Å². The molecule has 1 aliphatic rings. The number of halogens is 1. The number of hydrogen-bond acceptors (Lipinski definition) is 6. The van der Waals surface area contributed by atoms with E-state index < -0.39 is 0 Å². The van der Waals surface area contributed by atoms with Crippen LogP contribution in [-0.2, 0) is 14.3 Å². The van der Waals surface area contributed by atoms with E-state index in [2.05, 4.69) is 4.98 Å². The molecule has 0 N–H and O–H groups in total. The summed E-state index contributed by atoms with van der Waals surface area (Å²) >= 11 is 7.68. The lowest BCUT2D eigenvalue weighted by atomic mass is 10.1. The highest BCUT2D eigenvalue weighted by Gasteiger charge is 2.32. The normalized spacial score (nSPS) is 16.9. The van der Waals surface area contributed by atoms with Gasteiger partial charge in [0.1, 0.15) is 5.69 Å². The first-order chi connectivity index (χ1) is 14.1. The van der Waals surface area contributed by atoms with Crippen LogP contribution in [0.5, 0.6) is 0 Å². The number of fused-ring (bicyclic) bond motifs is 1. The number of esters is 1. The van der Waals surface area contributed by atoms with E-state index in [4.69, 9.17) is 21.1 Å². The van der Waals surface area contributed by atoms with E-state index >= 15 is 0 Å². The molecule has 0 aliphatic carbocycles. The van der Waals surface area contributed by atoms with Gasteiger partial charge in [0.05, 0.1) is 43.0 Å². The van der Waals surface area contributed by atoms with Crippen LogP contribution in [-0.4, -0.2) is 58.6 Å². The summed E-state index contributed by atoms with van der Waals surface area (Å²) in [7, 11) is 0. The minimum absolute atomic E-state index is 0.113. The molecule has 9 heteroatoms. The van der Waals surface area contributed by atoms with Crippen LogP contribution in [0.2, 0.25) is 5.02 Å². The number of thiazole rings is 1. The van der Waals surface area contributed by atoms with E-state index in [9.17, 15) is 9.59 Å². The molecule has 1 amide bonds. The van der Waals surface area contributed by atoms with Gasteiger partial charge >= 0.3 is 5.97 Å². The van der Waals surface area contributed by atoms with Crippen LogP contribution in [0.4, 0.5) is 0 Å². The molecule has 2 aromatic heterocycles. The lowest BCUT2D eigenvalue weighted by Gasteiger charge is -2.34. The quantitative estimate of drug-likeness (QED) is 0.576. The van der Waals surface area contributed by atoms with E-state index in [1.54, 1.807) is 21.6 Å². The Morgan fingerprint density at radius 2 is 2.21 bits per heavy atom. The first kappa shape index (κ1) is 19.9. The third-order valence-corrected chi connectivity index (χ3v) is 5.94. The van der Waals surface area contributed by atoms with Gasteiger partial charge in [-0.05, 0) is 13.0 Å². The number of carbonyl (C=O) groups is 2. The van der Waals surface area contributed by atoms with Gasteiger partial charge in [0.25, 0.3) is 5.91 Å². The van der Waals surface area contributed by atoms with Crippen molar-refractivity contribution in [3.05, 3.63) is 46.6 Å². The van der Waals surface area contributed by atoms with Gasteiger partial charge in [-0.2, -0.15) is 0 Å². The molecule has 1 aromatic carbocycles. The van der Waals surface area contributed by atoms with Crippen molar-refractivity contribution in [1.29, 1.82) is 0 Å². The van der Waals surface area contributed by atoms with Crippen molar-refractivity contribution in [1.82, 2.24) is 14.3 Å². The SMILES string of the molecule is CCOC(=O)CC1COCCN1C(=O)c1csc2nc(-c3ccccc3Cl)cn12. The fraction of sp³-hybridized carbons (Fsp3) is 0.350. The molecule has 3 aromatic rings. The predicted octanol–water partition coefficient (Wildman–Crippen LogP) is 3.51. The Kier molecular flexibility index (Phi) is 5.84. The first-order valence-electron chi connectivity index (χ1n) is 9.34. The van der Waals surface area contributed by atoms with Gasteiger partial charge in [0.2, 0.25) is 0 Å². The van der Waals surface area contributed by atoms with Crippen LogP contribution >= 0.6 is 22.9 Å². The Labute approximate surface area is 176 Å². The van der Waals surface area contributed by atoms with Gasteiger partial charge in [0.15, 0.2) is 4.96 Å². The Balaban J connectivity index is 1.62. The number of aromatic nitrogens is 2. The number of carbonyl (C=O) groups excluding carboxylic acids is 2. The molecule has 152 valence electrons. The third kappa shape index (κ3) is 4.01. The van der Waals surface area contributed by atoms with Crippen molar-refractivity contribution in [2.45, 2.75) is 19.4 Å². The number of morpholine rings is 1. The standard InChI is InChI=1S/C20H20ClN3O4S/c1-2-28-18(25)9-13-11-27-8-7-23(13)19(26)17-12-29-20-22-16(10-24(17)20)14-5-3-4-6-15(14)21/h3-6,10,12-13H,2,7-9,11H2,1H3. The zero-order valence-electron chi connectivity index (χ0n) is 15.8. The average molecular weight is 434 g/mol. The predicted molar refractivity (Wildman–Crippen MR) is 110 cm³/mol. The summed E-state index contributed by atoms with van der Waals surface area (Å²) in [6, 6.07) is 7.12. The largest absolute Gasteiger partial charge is 0.466 e. The number of ether oxygens (including phenoxy) is 2.